The van der Waals surface area contributed by atoms with Gasteiger partial charge in [0, 0.05) is 24.4 Å². The van der Waals surface area contributed by atoms with E-state index in [9.17, 15) is 4.79 Å². The van der Waals surface area contributed by atoms with Crippen molar-refractivity contribution >= 4 is 16.9 Å². The van der Waals surface area contributed by atoms with E-state index in [1.54, 1.807) is 6.92 Å². The van der Waals surface area contributed by atoms with Gasteiger partial charge >= 0.3 is 0 Å². The minimum atomic E-state index is -0.0664. The molecule has 3 aromatic rings. The van der Waals surface area contributed by atoms with Crippen LogP contribution in [0.5, 0.6) is 0 Å². The van der Waals surface area contributed by atoms with Crippen LogP contribution in [-0.2, 0) is 11.2 Å². The molecule has 0 aliphatic carbocycles. The Morgan fingerprint density at radius 3 is 2.96 bits per heavy atom. The van der Waals surface area contributed by atoms with Gasteiger partial charge < -0.3 is 18.6 Å². The van der Waals surface area contributed by atoms with Gasteiger partial charge in [-0.25, -0.2) is 0 Å². The third-order valence-electron chi connectivity index (χ3n) is 5.21. The van der Waals surface area contributed by atoms with Crippen molar-refractivity contribution < 1.29 is 18.5 Å². The van der Waals surface area contributed by atoms with Crippen molar-refractivity contribution in [1.29, 1.82) is 0 Å². The van der Waals surface area contributed by atoms with Crippen molar-refractivity contribution in [3.63, 3.8) is 0 Å². The smallest absolute Gasteiger partial charge is 0.289 e. The Morgan fingerprint density at radius 1 is 1.31 bits per heavy atom. The second-order valence-corrected chi connectivity index (χ2v) is 7.09. The molecule has 0 unspecified atom stereocenters. The molecule has 2 aromatic heterocycles. The van der Waals surface area contributed by atoms with Gasteiger partial charge in [-0.1, -0.05) is 23.4 Å². The van der Waals surface area contributed by atoms with Gasteiger partial charge in [-0.2, -0.15) is 4.98 Å². The normalized spacial score (nSPS) is 25.1. The van der Waals surface area contributed by atoms with Gasteiger partial charge in [-0.05, 0) is 25.5 Å². The zero-order valence-corrected chi connectivity index (χ0v) is 14.4. The van der Waals surface area contributed by atoms with Crippen LogP contribution in [0.3, 0.4) is 0 Å². The predicted octanol–water partition coefficient (Wildman–Crippen LogP) is 2.60. The van der Waals surface area contributed by atoms with Gasteiger partial charge in [-0.15, -0.1) is 0 Å². The monoisotopic (exact) mass is 353 g/mol. The number of aromatic nitrogens is 2. The van der Waals surface area contributed by atoms with Crippen LogP contribution < -0.4 is 0 Å². The third kappa shape index (κ3) is 2.68. The molecule has 26 heavy (non-hydrogen) atoms. The van der Waals surface area contributed by atoms with Crippen LogP contribution >= 0.6 is 0 Å². The van der Waals surface area contributed by atoms with Gasteiger partial charge in [-0.3, -0.25) is 4.79 Å². The van der Waals surface area contributed by atoms with Crippen LogP contribution in [0.1, 0.15) is 28.7 Å². The molecule has 0 saturated carbocycles. The van der Waals surface area contributed by atoms with E-state index in [1.807, 2.05) is 35.2 Å². The quantitative estimate of drug-likeness (QED) is 0.720. The van der Waals surface area contributed by atoms with Crippen LogP contribution in [-0.4, -0.2) is 46.2 Å². The maximum absolute atomic E-state index is 12.8. The molecule has 2 saturated heterocycles. The van der Waals surface area contributed by atoms with Crippen molar-refractivity contribution in [3.8, 4) is 0 Å². The summed E-state index contributed by atoms with van der Waals surface area (Å²) >= 11 is 0. The fourth-order valence-corrected chi connectivity index (χ4v) is 4.02. The highest BCUT2D eigenvalue weighted by molar-refractivity contribution is 5.96. The average molecular weight is 353 g/mol. The van der Waals surface area contributed by atoms with E-state index >= 15 is 0 Å². The summed E-state index contributed by atoms with van der Waals surface area (Å²) in [5.41, 5.74) is 0.737. The van der Waals surface area contributed by atoms with Gasteiger partial charge in [0.25, 0.3) is 5.91 Å². The number of carbonyl (C=O) groups excluding carboxylic acids is 1. The summed E-state index contributed by atoms with van der Waals surface area (Å²) in [6.07, 6.45) is 1.67. The number of furan rings is 1. The van der Waals surface area contributed by atoms with E-state index < -0.39 is 0 Å². The molecule has 0 bridgehead atoms. The molecule has 1 aromatic carbocycles. The number of rotatable bonds is 3. The van der Waals surface area contributed by atoms with E-state index in [1.165, 1.54) is 0 Å². The van der Waals surface area contributed by atoms with Crippen molar-refractivity contribution in [3.05, 3.63) is 47.8 Å². The number of benzene rings is 1. The molecule has 2 aliphatic rings. The first-order valence-corrected chi connectivity index (χ1v) is 8.88. The number of hydrogen-bond acceptors (Lipinski definition) is 6. The van der Waals surface area contributed by atoms with Crippen LogP contribution in [0.25, 0.3) is 11.0 Å². The lowest BCUT2D eigenvalue weighted by molar-refractivity contribution is 0.0324. The largest absolute Gasteiger partial charge is 0.451 e. The van der Waals surface area contributed by atoms with E-state index in [0.29, 0.717) is 42.9 Å². The zero-order valence-electron chi connectivity index (χ0n) is 14.4. The third-order valence-corrected chi connectivity index (χ3v) is 5.21. The summed E-state index contributed by atoms with van der Waals surface area (Å²) in [6, 6.07) is 9.47. The van der Waals surface area contributed by atoms with Crippen LogP contribution in [0.2, 0.25) is 0 Å². The van der Waals surface area contributed by atoms with Gasteiger partial charge in [0.2, 0.25) is 5.89 Å². The Morgan fingerprint density at radius 2 is 2.19 bits per heavy atom. The number of ether oxygens (including phenoxy) is 1. The Hall–Kier alpha value is -2.67. The number of nitrogens with zero attached hydrogens (tertiary/aromatic N) is 3. The molecule has 0 radical (unpaired) electrons. The molecule has 0 spiro atoms. The molecule has 1 amide bonds. The lowest BCUT2D eigenvalue weighted by Crippen LogP contribution is -2.31. The summed E-state index contributed by atoms with van der Waals surface area (Å²) in [5.74, 6) is 1.92. The van der Waals surface area contributed by atoms with Crippen molar-refractivity contribution in [2.45, 2.75) is 32.0 Å². The van der Waals surface area contributed by atoms with E-state index in [0.717, 1.165) is 17.4 Å². The van der Waals surface area contributed by atoms with Crippen LogP contribution in [0, 0.1) is 12.8 Å². The Balaban J connectivity index is 1.24. The summed E-state index contributed by atoms with van der Waals surface area (Å²) in [5, 5.41) is 4.76. The fraction of sp³-hybridized carbons (Fsp3) is 0.421. The van der Waals surface area contributed by atoms with E-state index in [-0.39, 0.29) is 18.1 Å². The van der Waals surface area contributed by atoms with Gasteiger partial charge in [0.15, 0.2) is 11.6 Å². The highest BCUT2D eigenvalue weighted by Crippen LogP contribution is 2.35. The van der Waals surface area contributed by atoms with Gasteiger partial charge in [0.05, 0.1) is 18.6 Å². The number of carbonyl (C=O) groups is 1. The lowest BCUT2D eigenvalue weighted by atomic mass is 10.0. The van der Waals surface area contributed by atoms with E-state index in [4.69, 9.17) is 13.7 Å². The Labute approximate surface area is 149 Å². The van der Waals surface area contributed by atoms with Crippen molar-refractivity contribution in [2.24, 2.45) is 5.92 Å². The second kappa shape index (κ2) is 5.95. The molecule has 134 valence electrons. The molecule has 7 heteroatoms. The molecule has 4 heterocycles. The summed E-state index contributed by atoms with van der Waals surface area (Å²) in [4.78, 5) is 18.8. The summed E-state index contributed by atoms with van der Waals surface area (Å²) in [7, 11) is 0. The second-order valence-electron chi connectivity index (χ2n) is 7.09. The number of aryl methyl sites for hydroxylation is 1. The molecule has 2 fully saturated rings. The molecule has 5 rings (SSSR count). The SMILES string of the molecule is Cc1noc(C[C@@H]2C[C@@H]3CN(C(=O)c4cc5ccccc5o4)C[C@@H]3O2)n1. The maximum Gasteiger partial charge on any atom is 0.289 e. The number of para-hydroxylation sites is 1. The zero-order chi connectivity index (χ0) is 17.7. The summed E-state index contributed by atoms with van der Waals surface area (Å²) < 4.78 is 17.0. The van der Waals surface area contributed by atoms with E-state index in [2.05, 4.69) is 10.1 Å². The molecule has 3 atom stereocenters. The first-order valence-electron chi connectivity index (χ1n) is 8.88. The lowest BCUT2D eigenvalue weighted by Gasteiger charge is -2.17. The first-order chi connectivity index (χ1) is 12.7. The number of fused-ring (bicyclic) bond motifs is 2. The number of amides is 1. The fourth-order valence-electron chi connectivity index (χ4n) is 4.02. The maximum atomic E-state index is 12.8. The topological polar surface area (TPSA) is 81.6 Å². The van der Waals surface area contributed by atoms with Crippen molar-refractivity contribution in [2.75, 3.05) is 13.1 Å². The first kappa shape index (κ1) is 15.6. The summed E-state index contributed by atoms with van der Waals surface area (Å²) in [6.45, 7) is 3.10. The Kier molecular flexibility index (Phi) is 3.56. The number of hydrogen-bond donors (Lipinski definition) is 0. The number of likely N-dealkylation sites (tertiary alicyclic amines) is 1. The van der Waals surface area contributed by atoms with Crippen LogP contribution in [0.4, 0.5) is 0 Å². The molecule has 7 nitrogen and oxygen atoms in total. The standard InChI is InChI=1S/C19H19N3O4/c1-11-20-18(26-21-11)8-14-6-13-9-22(10-17(13)24-14)19(23)16-7-12-4-2-3-5-15(12)25-16/h2-5,7,13-14,17H,6,8-10H2,1H3/t13-,14+,17+/m1/s1. The highest BCUT2D eigenvalue weighted by Gasteiger charge is 2.44. The highest BCUT2D eigenvalue weighted by atomic mass is 16.5. The molecule has 2 aliphatic heterocycles. The Bertz CT molecular complexity index is 916. The minimum Gasteiger partial charge on any atom is -0.451 e. The van der Waals surface area contributed by atoms with Gasteiger partial charge in [0.1, 0.15) is 5.58 Å². The van der Waals surface area contributed by atoms with Crippen LogP contribution in [0.15, 0.2) is 39.3 Å². The molecular formula is C19H19N3O4. The molecular weight excluding hydrogens is 334 g/mol. The molecule has 0 N–H and O–H groups in total. The average Bonchev–Trinajstić information content (AvgIpc) is 3.36. The van der Waals surface area contributed by atoms with Crippen molar-refractivity contribution in [1.82, 2.24) is 15.0 Å². The predicted molar refractivity (Wildman–Crippen MR) is 91.6 cm³/mol. The minimum absolute atomic E-state index is 0.0664.